The van der Waals surface area contributed by atoms with Crippen molar-refractivity contribution in [2.75, 3.05) is 19.6 Å². The zero-order chi connectivity index (χ0) is 13.9. The Morgan fingerprint density at radius 2 is 1.55 bits per heavy atom. The molecule has 2 aliphatic heterocycles. The van der Waals surface area contributed by atoms with Gasteiger partial charge >= 0.3 is 0 Å². The maximum Gasteiger partial charge on any atom is 0.242 e. The van der Waals surface area contributed by atoms with Gasteiger partial charge in [0.05, 0.1) is 11.8 Å². The van der Waals surface area contributed by atoms with E-state index in [1.807, 2.05) is 0 Å². The van der Waals surface area contributed by atoms with Crippen LogP contribution < -0.4 is 0 Å². The first-order chi connectivity index (χ1) is 9.66. The van der Waals surface area contributed by atoms with Crippen molar-refractivity contribution >= 4 is 17.7 Å². The van der Waals surface area contributed by atoms with Crippen LogP contribution in [0.3, 0.4) is 0 Å². The lowest BCUT2D eigenvalue weighted by molar-refractivity contribution is -0.146. The Labute approximate surface area is 118 Å². The van der Waals surface area contributed by atoms with Crippen LogP contribution in [-0.2, 0) is 14.4 Å². The normalized spacial score (nSPS) is 39.0. The highest BCUT2D eigenvalue weighted by molar-refractivity contribution is 6.08. The number of likely N-dealkylation sites (tertiary alicyclic amines) is 2. The van der Waals surface area contributed by atoms with Crippen LogP contribution in [-0.4, -0.2) is 47.2 Å². The molecule has 0 spiro atoms. The first kappa shape index (κ1) is 12.4. The number of carbonyl (C=O) groups excluding carboxylic acids is 3. The van der Waals surface area contributed by atoms with Gasteiger partial charge in [0.1, 0.15) is 6.54 Å². The third kappa shape index (κ3) is 1.58. The molecule has 0 radical (unpaired) electrons. The number of imide groups is 1. The monoisotopic (exact) mass is 276 g/mol. The quantitative estimate of drug-likeness (QED) is 0.695. The van der Waals surface area contributed by atoms with Crippen LogP contribution >= 0.6 is 0 Å². The summed E-state index contributed by atoms with van der Waals surface area (Å²) in [4.78, 5) is 40.2. The molecule has 5 nitrogen and oxygen atoms in total. The van der Waals surface area contributed by atoms with Gasteiger partial charge < -0.3 is 4.90 Å². The van der Waals surface area contributed by atoms with E-state index in [2.05, 4.69) is 0 Å². The van der Waals surface area contributed by atoms with Crippen LogP contribution in [0.25, 0.3) is 0 Å². The molecule has 20 heavy (non-hydrogen) atoms. The standard InChI is InChI=1S/C15H20N2O3/c18-11(16-5-1-2-6-16)8-17-14(19)12-9-3-4-10(7-9)13(12)15(17)20/h9-10,12-13H,1-8H2/t9-,10+,12-,13-/m0/s1. The average Bonchev–Trinajstić information content (AvgIpc) is 3.18. The van der Waals surface area contributed by atoms with E-state index in [1.54, 1.807) is 4.90 Å². The van der Waals surface area contributed by atoms with Crippen molar-refractivity contribution in [3.63, 3.8) is 0 Å². The van der Waals surface area contributed by atoms with Gasteiger partial charge in [0.25, 0.3) is 0 Å². The fourth-order valence-electron chi connectivity index (χ4n) is 4.83. The van der Waals surface area contributed by atoms with Crippen LogP contribution in [0.4, 0.5) is 0 Å². The Hall–Kier alpha value is -1.39. The summed E-state index contributed by atoms with van der Waals surface area (Å²) in [6.07, 6.45) is 5.27. The third-order valence-electron chi connectivity index (χ3n) is 5.77. The molecule has 5 heteroatoms. The molecule has 4 atom stereocenters. The molecule has 2 saturated carbocycles. The first-order valence-corrected chi connectivity index (χ1v) is 7.80. The molecule has 2 bridgehead atoms. The van der Waals surface area contributed by atoms with Crippen molar-refractivity contribution in [2.24, 2.45) is 23.7 Å². The molecular formula is C15H20N2O3. The summed E-state index contributed by atoms with van der Waals surface area (Å²) < 4.78 is 0. The maximum atomic E-state index is 12.5. The van der Waals surface area contributed by atoms with Gasteiger partial charge in [-0.05, 0) is 43.9 Å². The largest absolute Gasteiger partial charge is 0.341 e. The minimum atomic E-state index is -0.104. The summed E-state index contributed by atoms with van der Waals surface area (Å²) in [7, 11) is 0. The van der Waals surface area contributed by atoms with Crippen LogP contribution in [0.5, 0.6) is 0 Å². The molecule has 0 aromatic heterocycles. The highest BCUT2D eigenvalue weighted by atomic mass is 16.2. The summed E-state index contributed by atoms with van der Waals surface area (Å²) in [6.45, 7) is 1.52. The van der Waals surface area contributed by atoms with Crippen molar-refractivity contribution in [3.8, 4) is 0 Å². The molecule has 4 fully saturated rings. The fourth-order valence-corrected chi connectivity index (χ4v) is 4.83. The topological polar surface area (TPSA) is 57.7 Å². The van der Waals surface area contributed by atoms with Gasteiger partial charge in [-0.3, -0.25) is 19.3 Å². The number of nitrogens with zero attached hydrogens (tertiary/aromatic N) is 2. The van der Waals surface area contributed by atoms with Gasteiger partial charge in [0.15, 0.2) is 0 Å². The van der Waals surface area contributed by atoms with Gasteiger partial charge in [0.2, 0.25) is 17.7 Å². The van der Waals surface area contributed by atoms with Crippen LogP contribution in [0.15, 0.2) is 0 Å². The molecule has 108 valence electrons. The number of carbonyl (C=O) groups is 3. The lowest BCUT2D eigenvalue weighted by atomic mass is 9.81. The first-order valence-electron chi connectivity index (χ1n) is 7.80. The highest BCUT2D eigenvalue weighted by Gasteiger charge is 2.61. The van der Waals surface area contributed by atoms with Gasteiger partial charge in [-0.15, -0.1) is 0 Å². The maximum absolute atomic E-state index is 12.5. The fraction of sp³-hybridized carbons (Fsp3) is 0.800. The molecule has 0 N–H and O–H groups in total. The lowest BCUT2D eigenvalue weighted by Crippen LogP contribution is -2.42. The van der Waals surface area contributed by atoms with Gasteiger partial charge in [-0.1, -0.05) is 0 Å². The average molecular weight is 276 g/mol. The second-order valence-corrected chi connectivity index (χ2v) is 6.74. The highest BCUT2D eigenvalue weighted by Crippen LogP contribution is 2.56. The van der Waals surface area contributed by atoms with Gasteiger partial charge in [-0.25, -0.2) is 0 Å². The molecule has 3 amide bonds. The number of hydrogen-bond acceptors (Lipinski definition) is 3. The summed E-state index contributed by atoms with van der Waals surface area (Å²) in [6, 6.07) is 0. The van der Waals surface area contributed by atoms with Crippen molar-refractivity contribution in [1.29, 1.82) is 0 Å². The van der Waals surface area contributed by atoms with E-state index in [4.69, 9.17) is 0 Å². The number of fused-ring (bicyclic) bond motifs is 5. The molecule has 4 aliphatic rings. The Morgan fingerprint density at radius 3 is 2.10 bits per heavy atom. The van der Waals surface area contributed by atoms with Crippen molar-refractivity contribution in [1.82, 2.24) is 9.80 Å². The van der Waals surface area contributed by atoms with Crippen LogP contribution in [0.2, 0.25) is 0 Å². The number of hydrogen-bond donors (Lipinski definition) is 0. The summed E-state index contributed by atoms with van der Waals surface area (Å²) >= 11 is 0. The zero-order valence-electron chi connectivity index (χ0n) is 11.6. The zero-order valence-corrected chi connectivity index (χ0v) is 11.6. The number of amides is 3. The van der Waals surface area contributed by atoms with Crippen molar-refractivity contribution < 1.29 is 14.4 Å². The molecular weight excluding hydrogens is 256 g/mol. The molecule has 2 heterocycles. The summed E-state index contributed by atoms with van der Waals surface area (Å²) in [5, 5.41) is 0. The van der Waals surface area contributed by atoms with Gasteiger partial charge in [0, 0.05) is 13.1 Å². The molecule has 2 aliphatic carbocycles. The Kier molecular flexibility index (Phi) is 2.66. The minimum Gasteiger partial charge on any atom is -0.341 e. The Balaban J connectivity index is 1.50. The molecule has 0 aromatic carbocycles. The smallest absolute Gasteiger partial charge is 0.242 e. The molecule has 2 saturated heterocycles. The van der Waals surface area contributed by atoms with Crippen molar-refractivity contribution in [2.45, 2.75) is 32.1 Å². The second kappa shape index (κ2) is 4.30. The van der Waals surface area contributed by atoms with Crippen molar-refractivity contribution in [3.05, 3.63) is 0 Å². The van der Waals surface area contributed by atoms with Crippen LogP contribution in [0, 0.1) is 23.7 Å². The van der Waals surface area contributed by atoms with E-state index in [0.29, 0.717) is 11.8 Å². The Bertz CT molecular complexity index is 456. The molecule has 0 unspecified atom stereocenters. The summed E-state index contributed by atoms with van der Waals surface area (Å²) in [5.41, 5.74) is 0. The Morgan fingerprint density at radius 1 is 1.00 bits per heavy atom. The van der Waals surface area contributed by atoms with E-state index in [0.717, 1.165) is 45.2 Å². The molecule has 4 rings (SSSR count). The van der Waals surface area contributed by atoms with E-state index in [-0.39, 0.29) is 36.1 Å². The number of rotatable bonds is 2. The predicted molar refractivity (Wildman–Crippen MR) is 70.3 cm³/mol. The van der Waals surface area contributed by atoms with Gasteiger partial charge in [-0.2, -0.15) is 0 Å². The van der Waals surface area contributed by atoms with E-state index in [1.165, 1.54) is 4.90 Å². The summed E-state index contributed by atoms with van der Waals surface area (Å²) in [5.74, 6) is 0.387. The van der Waals surface area contributed by atoms with E-state index >= 15 is 0 Å². The predicted octanol–water partition coefficient (Wildman–Crippen LogP) is 0.640. The minimum absolute atomic E-state index is 0.0237. The van der Waals surface area contributed by atoms with Crippen LogP contribution in [0.1, 0.15) is 32.1 Å². The van der Waals surface area contributed by atoms with E-state index < -0.39 is 0 Å². The SMILES string of the molecule is O=C(CN1C(=O)[C@H]2[C@@H]3CC[C@@H](C3)[C@@H]2C1=O)N1CCCC1. The lowest BCUT2D eigenvalue weighted by Gasteiger charge is -2.21. The third-order valence-corrected chi connectivity index (χ3v) is 5.77. The van der Waals surface area contributed by atoms with E-state index in [9.17, 15) is 14.4 Å². The molecule has 0 aromatic rings. The second-order valence-electron chi connectivity index (χ2n) is 6.74.